The zero-order chi connectivity index (χ0) is 14.8. The molecule has 0 saturated carbocycles. The van der Waals surface area contributed by atoms with E-state index in [1.807, 2.05) is 13.0 Å². The van der Waals surface area contributed by atoms with Gasteiger partial charge in [0.2, 0.25) is 0 Å². The molecular formula is C19H20O2. The number of hydrogen-bond donors (Lipinski definition) is 0. The molecule has 0 saturated heterocycles. The molecule has 0 N–H and O–H groups in total. The van der Waals surface area contributed by atoms with Crippen LogP contribution in [-0.4, -0.2) is 13.4 Å². The van der Waals surface area contributed by atoms with Crippen LogP contribution < -0.4 is 4.74 Å². The van der Waals surface area contributed by atoms with Crippen LogP contribution in [-0.2, 0) is 11.2 Å². The Bertz CT molecular complexity index is 777. The molecule has 1 atom stereocenters. The number of rotatable bonds is 4. The Labute approximate surface area is 125 Å². The second-order valence-electron chi connectivity index (χ2n) is 5.26. The smallest absolute Gasteiger partial charge is 0.196 e. The van der Waals surface area contributed by atoms with Gasteiger partial charge in [0, 0.05) is 17.9 Å². The molecule has 0 amide bonds. The third-order valence-electron chi connectivity index (χ3n) is 3.90. The fraction of sp³-hybridized carbons (Fsp3) is 0.263. The van der Waals surface area contributed by atoms with Crippen LogP contribution >= 0.6 is 0 Å². The maximum atomic E-state index is 6.07. The lowest BCUT2D eigenvalue weighted by molar-refractivity contribution is -0.0364. The van der Waals surface area contributed by atoms with E-state index in [1.165, 1.54) is 16.3 Å². The van der Waals surface area contributed by atoms with E-state index in [9.17, 15) is 0 Å². The average Bonchev–Trinajstić information content (AvgIpc) is 2.54. The highest BCUT2D eigenvalue weighted by Gasteiger charge is 2.12. The van der Waals surface area contributed by atoms with Crippen molar-refractivity contribution in [3.8, 4) is 5.75 Å². The van der Waals surface area contributed by atoms with E-state index in [1.54, 1.807) is 7.11 Å². The van der Waals surface area contributed by atoms with Crippen molar-refractivity contribution in [3.63, 3.8) is 0 Å². The molecule has 0 aliphatic rings. The number of hydrogen-bond acceptors (Lipinski definition) is 2. The van der Waals surface area contributed by atoms with Crippen molar-refractivity contribution < 1.29 is 9.47 Å². The van der Waals surface area contributed by atoms with E-state index in [2.05, 4.69) is 49.4 Å². The summed E-state index contributed by atoms with van der Waals surface area (Å²) in [5.74, 6) is 0.910. The van der Waals surface area contributed by atoms with Crippen LogP contribution in [0.5, 0.6) is 5.75 Å². The zero-order valence-electron chi connectivity index (χ0n) is 12.7. The Morgan fingerprint density at radius 3 is 2.48 bits per heavy atom. The molecule has 3 aromatic rings. The molecule has 3 rings (SSSR count). The van der Waals surface area contributed by atoms with Crippen molar-refractivity contribution in [1.82, 2.24) is 0 Å². The summed E-state index contributed by atoms with van der Waals surface area (Å²) in [6.45, 7) is 4.08. The van der Waals surface area contributed by atoms with Crippen LogP contribution in [0.25, 0.3) is 21.5 Å². The van der Waals surface area contributed by atoms with Gasteiger partial charge in [-0.3, -0.25) is 0 Å². The minimum Gasteiger partial charge on any atom is -0.464 e. The molecule has 0 bridgehead atoms. The lowest BCUT2D eigenvalue weighted by Gasteiger charge is -2.17. The summed E-state index contributed by atoms with van der Waals surface area (Å²) in [4.78, 5) is 0. The quantitative estimate of drug-likeness (QED) is 0.498. The molecule has 1 unspecified atom stereocenters. The SMILES string of the molecule is CCc1ccc2cc3ccccc3c(OC(C)OC)c2c1. The van der Waals surface area contributed by atoms with Gasteiger partial charge >= 0.3 is 0 Å². The predicted molar refractivity (Wildman–Crippen MR) is 87.9 cm³/mol. The molecule has 0 aliphatic heterocycles. The molecule has 0 aliphatic carbocycles. The standard InChI is InChI=1S/C19H20O2/c1-4-14-9-10-16-12-15-7-5-6-8-17(15)19(18(16)11-14)21-13(2)20-3/h5-13H,4H2,1-3H3. The fourth-order valence-electron chi connectivity index (χ4n) is 2.63. The third-order valence-corrected chi connectivity index (χ3v) is 3.90. The normalized spacial score (nSPS) is 12.7. The van der Waals surface area contributed by atoms with E-state index in [0.29, 0.717) is 0 Å². The second-order valence-corrected chi connectivity index (χ2v) is 5.26. The Morgan fingerprint density at radius 1 is 0.952 bits per heavy atom. The van der Waals surface area contributed by atoms with E-state index >= 15 is 0 Å². The number of methoxy groups -OCH3 is 1. The molecular weight excluding hydrogens is 260 g/mol. The first-order chi connectivity index (χ1) is 10.2. The summed E-state index contributed by atoms with van der Waals surface area (Å²) in [7, 11) is 1.66. The molecule has 0 fully saturated rings. The first-order valence-electron chi connectivity index (χ1n) is 7.36. The Balaban J connectivity index is 2.32. The molecule has 108 valence electrons. The van der Waals surface area contributed by atoms with Crippen molar-refractivity contribution >= 4 is 21.5 Å². The van der Waals surface area contributed by atoms with Gasteiger partial charge < -0.3 is 9.47 Å². The van der Waals surface area contributed by atoms with Crippen LogP contribution in [0.15, 0.2) is 48.5 Å². The number of fused-ring (bicyclic) bond motifs is 2. The maximum Gasteiger partial charge on any atom is 0.196 e. The zero-order valence-corrected chi connectivity index (χ0v) is 12.7. The van der Waals surface area contributed by atoms with E-state index in [-0.39, 0.29) is 6.29 Å². The minimum absolute atomic E-state index is 0.274. The largest absolute Gasteiger partial charge is 0.464 e. The van der Waals surface area contributed by atoms with Gasteiger partial charge in [0.25, 0.3) is 0 Å². The Kier molecular flexibility index (Phi) is 3.80. The highest BCUT2D eigenvalue weighted by Crippen LogP contribution is 2.36. The minimum atomic E-state index is -0.274. The van der Waals surface area contributed by atoms with Gasteiger partial charge in [0.15, 0.2) is 6.29 Å². The summed E-state index contributed by atoms with van der Waals surface area (Å²) < 4.78 is 11.4. The van der Waals surface area contributed by atoms with Crippen LogP contribution in [0.4, 0.5) is 0 Å². The monoisotopic (exact) mass is 280 g/mol. The van der Waals surface area contributed by atoms with Crippen LogP contribution in [0.2, 0.25) is 0 Å². The first kappa shape index (κ1) is 13.9. The van der Waals surface area contributed by atoms with Gasteiger partial charge in [-0.2, -0.15) is 0 Å². The van der Waals surface area contributed by atoms with Gasteiger partial charge in [-0.05, 0) is 41.8 Å². The molecule has 21 heavy (non-hydrogen) atoms. The van der Waals surface area contributed by atoms with Gasteiger partial charge in [-0.25, -0.2) is 0 Å². The van der Waals surface area contributed by atoms with Crippen LogP contribution in [0.3, 0.4) is 0 Å². The summed E-state index contributed by atoms with van der Waals surface area (Å²) in [6, 6.07) is 17.1. The van der Waals surface area contributed by atoms with Crippen molar-refractivity contribution in [1.29, 1.82) is 0 Å². The molecule has 0 radical (unpaired) electrons. The molecule has 0 heterocycles. The molecule has 0 spiro atoms. The predicted octanol–water partition coefficient (Wildman–Crippen LogP) is 4.93. The highest BCUT2D eigenvalue weighted by molar-refractivity contribution is 6.05. The number of benzene rings is 3. The summed E-state index contributed by atoms with van der Waals surface area (Å²) in [5.41, 5.74) is 1.31. The van der Waals surface area contributed by atoms with Crippen molar-refractivity contribution in [2.75, 3.05) is 7.11 Å². The van der Waals surface area contributed by atoms with E-state index < -0.39 is 0 Å². The van der Waals surface area contributed by atoms with Crippen molar-refractivity contribution in [2.24, 2.45) is 0 Å². The number of ether oxygens (including phenoxy) is 2. The summed E-state index contributed by atoms with van der Waals surface area (Å²) in [5, 5.41) is 4.66. The van der Waals surface area contributed by atoms with Crippen molar-refractivity contribution in [3.05, 3.63) is 54.1 Å². The van der Waals surface area contributed by atoms with Crippen LogP contribution in [0, 0.1) is 0 Å². The van der Waals surface area contributed by atoms with Gasteiger partial charge in [-0.1, -0.05) is 43.3 Å². The molecule has 0 aromatic heterocycles. The first-order valence-corrected chi connectivity index (χ1v) is 7.36. The molecule has 3 aromatic carbocycles. The maximum absolute atomic E-state index is 6.07. The lowest BCUT2D eigenvalue weighted by atomic mass is 9.99. The molecule has 2 heteroatoms. The van der Waals surface area contributed by atoms with Gasteiger partial charge in [-0.15, -0.1) is 0 Å². The Hall–Kier alpha value is -2.06. The highest BCUT2D eigenvalue weighted by atomic mass is 16.7. The fourth-order valence-corrected chi connectivity index (χ4v) is 2.63. The van der Waals surface area contributed by atoms with E-state index in [4.69, 9.17) is 9.47 Å². The summed E-state index contributed by atoms with van der Waals surface area (Å²) >= 11 is 0. The topological polar surface area (TPSA) is 18.5 Å². The van der Waals surface area contributed by atoms with Gasteiger partial charge in [0.05, 0.1) is 0 Å². The van der Waals surface area contributed by atoms with Crippen molar-refractivity contribution in [2.45, 2.75) is 26.6 Å². The Morgan fingerprint density at radius 2 is 1.71 bits per heavy atom. The molecule has 2 nitrogen and oxygen atoms in total. The van der Waals surface area contributed by atoms with Crippen LogP contribution in [0.1, 0.15) is 19.4 Å². The van der Waals surface area contributed by atoms with Gasteiger partial charge in [0.1, 0.15) is 5.75 Å². The summed E-state index contributed by atoms with van der Waals surface area (Å²) in [6.07, 6.45) is 0.742. The van der Waals surface area contributed by atoms with E-state index in [0.717, 1.165) is 22.9 Å². The lowest BCUT2D eigenvalue weighted by Crippen LogP contribution is -2.14. The average molecular weight is 280 g/mol. The number of aryl methyl sites for hydroxylation is 1. The third kappa shape index (κ3) is 2.59. The second kappa shape index (κ2) is 5.74.